The van der Waals surface area contributed by atoms with Gasteiger partial charge in [-0.25, -0.2) is 0 Å². The van der Waals surface area contributed by atoms with Crippen molar-refractivity contribution in [3.8, 4) is 0 Å². The molecule has 0 saturated heterocycles. The van der Waals surface area contributed by atoms with E-state index in [1.54, 1.807) is 12.3 Å². The number of hydrogen-bond acceptors (Lipinski definition) is 2. The van der Waals surface area contributed by atoms with E-state index < -0.39 is 0 Å². The van der Waals surface area contributed by atoms with E-state index in [1.165, 1.54) is 6.08 Å². The van der Waals surface area contributed by atoms with Crippen LogP contribution in [0, 0.1) is 0 Å². The van der Waals surface area contributed by atoms with E-state index in [9.17, 15) is 4.79 Å². The van der Waals surface area contributed by atoms with E-state index in [4.69, 9.17) is 0 Å². The van der Waals surface area contributed by atoms with Crippen molar-refractivity contribution in [2.24, 2.45) is 0 Å². The average molecular weight is 161 g/mol. The Morgan fingerprint density at radius 2 is 2.42 bits per heavy atom. The number of carbonyl (C=O) groups is 1. The summed E-state index contributed by atoms with van der Waals surface area (Å²) in [5.41, 5.74) is 2.23. The molecule has 0 atom stereocenters. The van der Waals surface area contributed by atoms with Gasteiger partial charge in [-0.1, -0.05) is 13.0 Å². The molecular formula is C10H11NO. The van der Waals surface area contributed by atoms with Gasteiger partial charge in [-0.15, -0.1) is 0 Å². The molecule has 0 aliphatic carbocycles. The Kier molecular flexibility index (Phi) is 3.20. The van der Waals surface area contributed by atoms with E-state index in [0.717, 1.165) is 23.8 Å². The Balaban J connectivity index is 2.96. The fourth-order valence-corrected chi connectivity index (χ4v) is 1.04. The number of aryl methyl sites for hydroxylation is 1. The Morgan fingerprint density at radius 3 is 3.08 bits per heavy atom. The van der Waals surface area contributed by atoms with Crippen molar-refractivity contribution in [1.82, 2.24) is 4.98 Å². The third-order valence-corrected chi connectivity index (χ3v) is 1.68. The standard InChI is InChI=1S/C10H11NO/c1-2-9-8-11-6-5-10(9)4-3-7-12/h3-8H,2H2,1H3. The monoisotopic (exact) mass is 161 g/mol. The summed E-state index contributed by atoms with van der Waals surface area (Å²) in [5.74, 6) is 0. The maximum atomic E-state index is 10.1. The Hall–Kier alpha value is -1.44. The second-order valence-electron chi connectivity index (χ2n) is 2.42. The van der Waals surface area contributed by atoms with E-state index in [-0.39, 0.29) is 0 Å². The van der Waals surface area contributed by atoms with Gasteiger partial charge in [0.25, 0.3) is 0 Å². The molecule has 0 saturated carbocycles. The highest BCUT2D eigenvalue weighted by Gasteiger charge is 1.94. The van der Waals surface area contributed by atoms with E-state index in [1.807, 2.05) is 12.3 Å². The molecule has 0 aliphatic heterocycles. The molecule has 0 radical (unpaired) electrons. The second kappa shape index (κ2) is 4.44. The Morgan fingerprint density at radius 1 is 1.58 bits per heavy atom. The molecule has 1 rings (SSSR count). The number of allylic oxidation sites excluding steroid dienone is 1. The van der Waals surface area contributed by atoms with Crippen LogP contribution in [0.2, 0.25) is 0 Å². The van der Waals surface area contributed by atoms with Crippen LogP contribution < -0.4 is 0 Å². The van der Waals surface area contributed by atoms with Crippen molar-refractivity contribution in [3.63, 3.8) is 0 Å². The molecule has 0 unspecified atom stereocenters. The van der Waals surface area contributed by atoms with Gasteiger partial charge in [-0.3, -0.25) is 9.78 Å². The van der Waals surface area contributed by atoms with Gasteiger partial charge < -0.3 is 0 Å². The van der Waals surface area contributed by atoms with Crippen LogP contribution in [0.5, 0.6) is 0 Å². The SMILES string of the molecule is CCc1cnccc1C=CC=O. The molecule has 0 amide bonds. The van der Waals surface area contributed by atoms with Crippen molar-refractivity contribution in [3.05, 3.63) is 35.7 Å². The fourth-order valence-electron chi connectivity index (χ4n) is 1.04. The lowest BCUT2D eigenvalue weighted by atomic mass is 10.1. The van der Waals surface area contributed by atoms with Gasteiger partial charge in [0.2, 0.25) is 0 Å². The van der Waals surface area contributed by atoms with Crippen LogP contribution >= 0.6 is 0 Å². The molecule has 0 aromatic carbocycles. The number of aromatic nitrogens is 1. The van der Waals surface area contributed by atoms with Gasteiger partial charge in [0.15, 0.2) is 0 Å². The van der Waals surface area contributed by atoms with Crippen molar-refractivity contribution in [2.75, 3.05) is 0 Å². The first-order valence-corrected chi connectivity index (χ1v) is 3.93. The van der Waals surface area contributed by atoms with Crippen LogP contribution in [-0.2, 0) is 11.2 Å². The molecule has 0 fully saturated rings. The van der Waals surface area contributed by atoms with Crippen LogP contribution in [-0.4, -0.2) is 11.3 Å². The second-order valence-corrected chi connectivity index (χ2v) is 2.42. The van der Waals surface area contributed by atoms with Crippen LogP contribution in [0.15, 0.2) is 24.5 Å². The lowest BCUT2D eigenvalue weighted by Crippen LogP contribution is -1.86. The summed E-state index contributed by atoms with van der Waals surface area (Å²) in [5, 5.41) is 0. The fraction of sp³-hybridized carbons (Fsp3) is 0.200. The van der Waals surface area contributed by atoms with Crippen LogP contribution in [0.4, 0.5) is 0 Å². The molecule has 0 bridgehead atoms. The van der Waals surface area contributed by atoms with Gasteiger partial charge in [0.05, 0.1) is 0 Å². The normalized spacial score (nSPS) is 10.4. The van der Waals surface area contributed by atoms with Gasteiger partial charge in [0, 0.05) is 12.4 Å². The van der Waals surface area contributed by atoms with Gasteiger partial charge in [0.1, 0.15) is 6.29 Å². The summed E-state index contributed by atoms with van der Waals surface area (Å²) < 4.78 is 0. The Bertz CT molecular complexity index is 292. The molecule has 0 N–H and O–H groups in total. The highest BCUT2D eigenvalue weighted by Crippen LogP contribution is 2.08. The van der Waals surface area contributed by atoms with Crippen LogP contribution in [0.3, 0.4) is 0 Å². The number of carbonyl (C=O) groups excluding carboxylic acids is 1. The van der Waals surface area contributed by atoms with Gasteiger partial charge in [-0.05, 0) is 29.7 Å². The largest absolute Gasteiger partial charge is 0.299 e. The predicted octanol–water partition coefficient (Wildman–Crippen LogP) is 1.86. The molecule has 2 nitrogen and oxygen atoms in total. The third kappa shape index (κ3) is 2.02. The zero-order valence-electron chi connectivity index (χ0n) is 7.03. The highest BCUT2D eigenvalue weighted by atomic mass is 16.1. The van der Waals surface area contributed by atoms with Crippen LogP contribution in [0.1, 0.15) is 18.1 Å². The minimum absolute atomic E-state index is 0.778. The molecule has 0 spiro atoms. The molecule has 62 valence electrons. The molecule has 1 aromatic rings. The van der Waals surface area contributed by atoms with Crippen molar-refractivity contribution in [1.29, 1.82) is 0 Å². The van der Waals surface area contributed by atoms with Crippen molar-refractivity contribution < 1.29 is 4.79 Å². The lowest BCUT2D eigenvalue weighted by molar-refractivity contribution is -0.104. The first-order valence-electron chi connectivity index (χ1n) is 3.93. The summed E-state index contributed by atoms with van der Waals surface area (Å²) in [6.07, 6.45) is 8.56. The Labute approximate surface area is 71.9 Å². The molecule has 1 heterocycles. The molecule has 1 aromatic heterocycles. The number of nitrogens with zero attached hydrogens (tertiary/aromatic N) is 1. The summed E-state index contributed by atoms with van der Waals surface area (Å²) in [4.78, 5) is 14.1. The van der Waals surface area contributed by atoms with Gasteiger partial charge >= 0.3 is 0 Å². The summed E-state index contributed by atoms with van der Waals surface area (Å²) in [6, 6.07) is 1.90. The predicted molar refractivity (Wildman–Crippen MR) is 48.7 cm³/mol. The average Bonchev–Trinajstić information content (AvgIpc) is 2.15. The first-order chi connectivity index (χ1) is 5.88. The van der Waals surface area contributed by atoms with E-state index >= 15 is 0 Å². The maximum absolute atomic E-state index is 10.1. The first kappa shape index (κ1) is 8.65. The van der Waals surface area contributed by atoms with Crippen molar-refractivity contribution >= 4 is 12.4 Å². The molecule has 12 heavy (non-hydrogen) atoms. The maximum Gasteiger partial charge on any atom is 0.142 e. The minimum Gasteiger partial charge on any atom is -0.299 e. The minimum atomic E-state index is 0.778. The van der Waals surface area contributed by atoms with E-state index in [2.05, 4.69) is 11.9 Å². The topological polar surface area (TPSA) is 30.0 Å². The van der Waals surface area contributed by atoms with Crippen molar-refractivity contribution in [2.45, 2.75) is 13.3 Å². The van der Waals surface area contributed by atoms with Crippen LogP contribution in [0.25, 0.3) is 6.08 Å². The quantitative estimate of drug-likeness (QED) is 0.500. The summed E-state index contributed by atoms with van der Waals surface area (Å²) in [7, 11) is 0. The number of aldehydes is 1. The zero-order valence-corrected chi connectivity index (χ0v) is 7.03. The highest BCUT2D eigenvalue weighted by molar-refractivity contribution is 5.74. The van der Waals surface area contributed by atoms with Gasteiger partial charge in [-0.2, -0.15) is 0 Å². The molecule has 2 heteroatoms. The van der Waals surface area contributed by atoms with E-state index in [0.29, 0.717) is 0 Å². The zero-order chi connectivity index (χ0) is 8.81. The lowest BCUT2D eigenvalue weighted by Gasteiger charge is -1.99. The molecular weight excluding hydrogens is 150 g/mol. The molecule has 0 aliphatic rings. The third-order valence-electron chi connectivity index (χ3n) is 1.68. The smallest absolute Gasteiger partial charge is 0.142 e. The summed E-state index contributed by atoms with van der Waals surface area (Å²) >= 11 is 0. The summed E-state index contributed by atoms with van der Waals surface area (Å²) in [6.45, 7) is 2.06. The number of rotatable bonds is 3. The number of hydrogen-bond donors (Lipinski definition) is 0. The number of pyridine rings is 1.